The zero-order valence-electron chi connectivity index (χ0n) is 17.7. The highest BCUT2D eigenvalue weighted by atomic mass is 16.5. The van der Waals surface area contributed by atoms with Gasteiger partial charge in [0.05, 0.1) is 17.5 Å². The number of para-hydroxylation sites is 2. The molecule has 3 rings (SSSR count). The van der Waals surface area contributed by atoms with Crippen LogP contribution >= 0.6 is 0 Å². The molecule has 1 aromatic heterocycles. The molecule has 0 saturated heterocycles. The maximum Gasteiger partial charge on any atom is 0.289 e. The molecule has 1 aliphatic rings. The molecule has 0 radical (unpaired) electrons. The molecule has 2 heterocycles. The maximum absolute atomic E-state index is 13.1. The fourth-order valence-corrected chi connectivity index (χ4v) is 3.65. The fourth-order valence-electron chi connectivity index (χ4n) is 3.65. The number of carbonyl (C=O) groups excluding carboxylic acids is 2. The van der Waals surface area contributed by atoms with Crippen LogP contribution in [0, 0.1) is 0 Å². The molecule has 1 aliphatic heterocycles. The van der Waals surface area contributed by atoms with Crippen molar-refractivity contribution in [2.75, 3.05) is 18.4 Å². The average Bonchev–Trinajstić information content (AvgIpc) is 3.10. The first-order chi connectivity index (χ1) is 14.0. The molecular weight excluding hydrogens is 368 g/mol. The van der Waals surface area contributed by atoms with Gasteiger partial charge in [0.25, 0.3) is 11.8 Å². The summed E-state index contributed by atoms with van der Waals surface area (Å²) in [4.78, 5) is 32.3. The van der Waals surface area contributed by atoms with Gasteiger partial charge in [0, 0.05) is 19.6 Å². The molecule has 0 bridgehead atoms. The van der Waals surface area contributed by atoms with Gasteiger partial charge in [0.15, 0.2) is 11.5 Å². The number of anilines is 1. The SMILES string of the molecule is CCN(CC)C(=O)c1nc(C(=O)Nc2ccccc2OC(C)C)c2n1CCCC2. The van der Waals surface area contributed by atoms with Crippen LogP contribution in [-0.4, -0.2) is 45.5 Å². The summed E-state index contributed by atoms with van der Waals surface area (Å²) >= 11 is 0. The number of rotatable bonds is 7. The van der Waals surface area contributed by atoms with E-state index in [9.17, 15) is 9.59 Å². The van der Waals surface area contributed by atoms with Crippen LogP contribution in [0.2, 0.25) is 0 Å². The van der Waals surface area contributed by atoms with Crippen LogP contribution in [-0.2, 0) is 13.0 Å². The van der Waals surface area contributed by atoms with Gasteiger partial charge in [-0.3, -0.25) is 9.59 Å². The van der Waals surface area contributed by atoms with Crippen molar-refractivity contribution in [1.29, 1.82) is 0 Å². The lowest BCUT2D eigenvalue weighted by atomic mass is 10.1. The summed E-state index contributed by atoms with van der Waals surface area (Å²) in [6, 6.07) is 7.35. The molecular formula is C22H30N4O3. The summed E-state index contributed by atoms with van der Waals surface area (Å²) in [5, 5.41) is 2.93. The second kappa shape index (κ2) is 9.11. The van der Waals surface area contributed by atoms with Crippen LogP contribution in [0.15, 0.2) is 24.3 Å². The number of ether oxygens (including phenoxy) is 1. The van der Waals surface area contributed by atoms with E-state index in [1.54, 1.807) is 11.0 Å². The van der Waals surface area contributed by atoms with Crippen molar-refractivity contribution in [3.05, 3.63) is 41.5 Å². The van der Waals surface area contributed by atoms with E-state index in [4.69, 9.17) is 4.74 Å². The lowest BCUT2D eigenvalue weighted by Crippen LogP contribution is -2.33. The molecule has 7 nitrogen and oxygen atoms in total. The normalized spacial score (nSPS) is 13.1. The van der Waals surface area contributed by atoms with Gasteiger partial charge < -0.3 is 19.5 Å². The number of amides is 2. The Kier molecular flexibility index (Phi) is 6.56. The average molecular weight is 399 g/mol. The highest BCUT2D eigenvalue weighted by Crippen LogP contribution is 2.27. The number of nitrogens with one attached hydrogen (secondary N) is 1. The molecule has 2 aromatic rings. The fraction of sp³-hybridized carbons (Fsp3) is 0.500. The third-order valence-corrected chi connectivity index (χ3v) is 5.07. The largest absolute Gasteiger partial charge is 0.489 e. The van der Waals surface area contributed by atoms with Crippen LogP contribution in [0.4, 0.5) is 5.69 Å². The van der Waals surface area contributed by atoms with Gasteiger partial charge in [0.1, 0.15) is 5.75 Å². The third kappa shape index (κ3) is 4.44. The molecule has 0 aliphatic carbocycles. The molecule has 0 spiro atoms. The molecule has 1 aromatic carbocycles. The summed E-state index contributed by atoms with van der Waals surface area (Å²) in [5.41, 5.74) is 1.77. The van der Waals surface area contributed by atoms with Gasteiger partial charge in [-0.2, -0.15) is 0 Å². The van der Waals surface area contributed by atoms with E-state index in [0.29, 0.717) is 42.6 Å². The molecule has 0 atom stereocenters. The van der Waals surface area contributed by atoms with E-state index in [0.717, 1.165) is 25.0 Å². The van der Waals surface area contributed by atoms with Gasteiger partial charge in [-0.15, -0.1) is 0 Å². The molecule has 0 saturated carbocycles. The van der Waals surface area contributed by atoms with Crippen LogP contribution in [0.5, 0.6) is 5.75 Å². The van der Waals surface area contributed by atoms with Crippen molar-refractivity contribution in [1.82, 2.24) is 14.5 Å². The second-order valence-electron chi connectivity index (χ2n) is 7.43. The van der Waals surface area contributed by atoms with Crippen molar-refractivity contribution >= 4 is 17.5 Å². The molecule has 156 valence electrons. The van der Waals surface area contributed by atoms with E-state index in [-0.39, 0.29) is 17.9 Å². The van der Waals surface area contributed by atoms with Crippen molar-refractivity contribution in [2.45, 2.75) is 59.6 Å². The Hall–Kier alpha value is -2.83. The van der Waals surface area contributed by atoms with Crippen LogP contribution < -0.4 is 10.1 Å². The molecule has 1 N–H and O–H groups in total. The van der Waals surface area contributed by atoms with E-state index >= 15 is 0 Å². The monoisotopic (exact) mass is 398 g/mol. The summed E-state index contributed by atoms with van der Waals surface area (Å²) < 4.78 is 7.72. The number of carbonyl (C=O) groups is 2. The molecule has 2 amide bonds. The van der Waals surface area contributed by atoms with E-state index in [1.165, 1.54) is 0 Å². The van der Waals surface area contributed by atoms with Crippen molar-refractivity contribution in [3.8, 4) is 5.75 Å². The number of hydrogen-bond donors (Lipinski definition) is 1. The summed E-state index contributed by atoms with van der Waals surface area (Å²) in [6.07, 6.45) is 2.70. The first kappa shape index (κ1) is 20.9. The topological polar surface area (TPSA) is 76.5 Å². The Labute approximate surface area is 172 Å². The highest BCUT2D eigenvalue weighted by molar-refractivity contribution is 6.05. The maximum atomic E-state index is 13.1. The number of imidazole rings is 1. The number of benzene rings is 1. The molecule has 0 fully saturated rings. The van der Waals surface area contributed by atoms with Gasteiger partial charge in [0.2, 0.25) is 0 Å². The Balaban J connectivity index is 1.93. The van der Waals surface area contributed by atoms with E-state index in [2.05, 4.69) is 10.3 Å². The van der Waals surface area contributed by atoms with Gasteiger partial charge in [-0.1, -0.05) is 12.1 Å². The molecule has 7 heteroatoms. The van der Waals surface area contributed by atoms with Crippen molar-refractivity contribution in [2.24, 2.45) is 0 Å². The Morgan fingerprint density at radius 3 is 2.62 bits per heavy atom. The van der Waals surface area contributed by atoms with E-state index in [1.807, 2.05) is 50.5 Å². The predicted molar refractivity (Wildman–Crippen MR) is 113 cm³/mol. The van der Waals surface area contributed by atoms with E-state index < -0.39 is 0 Å². The predicted octanol–water partition coefficient (Wildman–Crippen LogP) is 3.74. The highest BCUT2D eigenvalue weighted by Gasteiger charge is 2.29. The number of nitrogens with zero attached hydrogens (tertiary/aromatic N) is 3. The second-order valence-corrected chi connectivity index (χ2v) is 7.43. The van der Waals surface area contributed by atoms with Gasteiger partial charge in [-0.05, 0) is 59.1 Å². The standard InChI is InChI=1S/C22H30N4O3/c1-5-25(6-2)22(28)20-24-19(17-12-9-10-14-26(17)20)21(27)23-16-11-7-8-13-18(16)29-15(3)4/h7-8,11,13,15H,5-6,9-10,12,14H2,1-4H3,(H,23,27). The smallest absolute Gasteiger partial charge is 0.289 e. The Morgan fingerprint density at radius 2 is 1.93 bits per heavy atom. The summed E-state index contributed by atoms with van der Waals surface area (Å²) in [7, 11) is 0. The van der Waals surface area contributed by atoms with Crippen LogP contribution in [0.3, 0.4) is 0 Å². The summed E-state index contributed by atoms with van der Waals surface area (Å²) in [6.45, 7) is 9.70. The number of aromatic nitrogens is 2. The first-order valence-corrected chi connectivity index (χ1v) is 10.4. The molecule has 29 heavy (non-hydrogen) atoms. The first-order valence-electron chi connectivity index (χ1n) is 10.4. The van der Waals surface area contributed by atoms with Crippen molar-refractivity contribution in [3.63, 3.8) is 0 Å². The zero-order chi connectivity index (χ0) is 21.0. The lowest BCUT2D eigenvalue weighted by molar-refractivity contribution is 0.0754. The van der Waals surface area contributed by atoms with Gasteiger partial charge in [-0.25, -0.2) is 4.98 Å². The Morgan fingerprint density at radius 1 is 1.21 bits per heavy atom. The minimum absolute atomic E-state index is 0.00767. The zero-order valence-corrected chi connectivity index (χ0v) is 17.7. The van der Waals surface area contributed by atoms with Crippen molar-refractivity contribution < 1.29 is 14.3 Å². The van der Waals surface area contributed by atoms with Crippen LogP contribution in [0.25, 0.3) is 0 Å². The van der Waals surface area contributed by atoms with Crippen LogP contribution in [0.1, 0.15) is 67.3 Å². The quantitative estimate of drug-likeness (QED) is 0.771. The molecule has 0 unspecified atom stereocenters. The Bertz CT molecular complexity index is 884. The lowest BCUT2D eigenvalue weighted by Gasteiger charge is -2.21. The number of hydrogen-bond acceptors (Lipinski definition) is 4. The third-order valence-electron chi connectivity index (χ3n) is 5.07. The van der Waals surface area contributed by atoms with Gasteiger partial charge >= 0.3 is 0 Å². The minimum Gasteiger partial charge on any atom is -0.489 e. The summed E-state index contributed by atoms with van der Waals surface area (Å²) in [5.74, 6) is 0.540. The number of fused-ring (bicyclic) bond motifs is 1. The minimum atomic E-state index is -0.311.